The van der Waals surface area contributed by atoms with E-state index in [2.05, 4.69) is 4.98 Å². The summed E-state index contributed by atoms with van der Waals surface area (Å²) in [6.45, 7) is 1.53. The Morgan fingerprint density at radius 1 is 0.966 bits per heavy atom. The maximum absolute atomic E-state index is 12.5. The predicted octanol–water partition coefficient (Wildman–Crippen LogP) is 1.21. The Labute approximate surface area is 175 Å². The van der Waals surface area contributed by atoms with Crippen LogP contribution >= 0.6 is 23.1 Å². The standard InChI is InChI=1S/C19H20N4O4S2/c24-15-5-6-16(25)23(15)11-17(26)21-7-9-22(10-8-21)18(27)12-28-19-20-13-3-1-2-4-14(13)29-19/h1-4H,5-12H2. The summed E-state index contributed by atoms with van der Waals surface area (Å²) in [5.74, 6) is -0.492. The molecule has 152 valence electrons. The maximum atomic E-state index is 12.5. The van der Waals surface area contributed by atoms with Crippen molar-refractivity contribution in [2.45, 2.75) is 17.2 Å². The van der Waals surface area contributed by atoms with Gasteiger partial charge in [-0.3, -0.25) is 24.1 Å². The fourth-order valence-electron chi connectivity index (χ4n) is 3.37. The van der Waals surface area contributed by atoms with Gasteiger partial charge in [0, 0.05) is 39.0 Å². The highest BCUT2D eigenvalue weighted by Crippen LogP contribution is 2.29. The molecule has 2 aliphatic rings. The van der Waals surface area contributed by atoms with Crippen LogP contribution in [0.2, 0.25) is 0 Å². The van der Waals surface area contributed by atoms with Crippen molar-refractivity contribution in [2.75, 3.05) is 38.5 Å². The minimum absolute atomic E-state index is 0.0197. The highest BCUT2D eigenvalue weighted by atomic mass is 32.2. The third kappa shape index (κ3) is 4.43. The van der Waals surface area contributed by atoms with Crippen molar-refractivity contribution in [2.24, 2.45) is 0 Å². The molecule has 0 N–H and O–H groups in total. The van der Waals surface area contributed by atoms with Crippen molar-refractivity contribution in [1.82, 2.24) is 19.7 Å². The van der Waals surface area contributed by atoms with Crippen LogP contribution in [0.4, 0.5) is 0 Å². The number of fused-ring (bicyclic) bond motifs is 1. The zero-order valence-electron chi connectivity index (χ0n) is 15.7. The lowest BCUT2D eigenvalue weighted by molar-refractivity contribution is -0.146. The molecule has 0 atom stereocenters. The molecule has 2 aromatic rings. The maximum Gasteiger partial charge on any atom is 0.242 e. The summed E-state index contributed by atoms with van der Waals surface area (Å²) in [5, 5.41) is 0. The number of imide groups is 1. The molecule has 8 nitrogen and oxygen atoms in total. The van der Waals surface area contributed by atoms with Crippen LogP contribution in [0.1, 0.15) is 12.8 Å². The Bertz CT molecular complexity index is 919. The van der Waals surface area contributed by atoms with Crippen LogP contribution in [-0.2, 0) is 19.2 Å². The lowest BCUT2D eigenvalue weighted by Gasteiger charge is -2.35. The van der Waals surface area contributed by atoms with Gasteiger partial charge in [0.25, 0.3) is 0 Å². The summed E-state index contributed by atoms with van der Waals surface area (Å²) >= 11 is 3.00. The second-order valence-electron chi connectivity index (χ2n) is 6.87. The van der Waals surface area contributed by atoms with E-state index in [1.807, 2.05) is 24.3 Å². The van der Waals surface area contributed by atoms with E-state index >= 15 is 0 Å². The van der Waals surface area contributed by atoms with Crippen LogP contribution in [0, 0.1) is 0 Å². The summed E-state index contributed by atoms with van der Waals surface area (Å²) in [5.41, 5.74) is 0.939. The molecule has 4 amide bonds. The first-order chi connectivity index (χ1) is 14.0. The second kappa shape index (κ2) is 8.50. The van der Waals surface area contributed by atoms with E-state index in [4.69, 9.17) is 0 Å². The van der Waals surface area contributed by atoms with Crippen LogP contribution in [0.15, 0.2) is 28.6 Å². The van der Waals surface area contributed by atoms with E-state index in [1.165, 1.54) is 11.8 Å². The molecule has 3 heterocycles. The number of nitrogens with zero attached hydrogens (tertiary/aromatic N) is 4. The summed E-state index contributed by atoms with van der Waals surface area (Å²) in [4.78, 5) is 57.1. The van der Waals surface area contributed by atoms with Crippen LogP contribution < -0.4 is 0 Å². The first-order valence-corrected chi connectivity index (χ1v) is 11.2. The number of thiazole rings is 1. The van der Waals surface area contributed by atoms with Crippen molar-refractivity contribution >= 4 is 56.9 Å². The van der Waals surface area contributed by atoms with E-state index in [1.54, 1.807) is 21.1 Å². The third-order valence-corrected chi connectivity index (χ3v) is 7.19. The van der Waals surface area contributed by atoms with E-state index in [0.29, 0.717) is 31.9 Å². The van der Waals surface area contributed by atoms with Crippen LogP contribution in [0.25, 0.3) is 10.2 Å². The number of hydrogen-bond acceptors (Lipinski definition) is 7. The molecular formula is C19H20N4O4S2. The Hall–Kier alpha value is -2.46. The van der Waals surface area contributed by atoms with Gasteiger partial charge in [0.15, 0.2) is 4.34 Å². The molecule has 10 heteroatoms. The van der Waals surface area contributed by atoms with Gasteiger partial charge in [-0.25, -0.2) is 4.98 Å². The fraction of sp³-hybridized carbons (Fsp3) is 0.421. The highest BCUT2D eigenvalue weighted by molar-refractivity contribution is 8.01. The number of benzene rings is 1. The second-order valence-corrected chi connectivity index (χ2v) is 9.12. The van der Waals surface area contributed by atoms with E-state index in [-0.39, 0.29) is 43.0 Å². The topological polar surface area (TPSA) is 90.9 Å². The third-order valence-electron chi connectivity index (χ3n) is 5.03. The van der Waals surface area contributed by atoms with E-state index in [9.17, 15) is 19.2 Å². The van der Waals surface area contributed by atoms with Crippen molar-refractivity contribution in [3.05, 3.63) is 24.3 Å². The zero-order chi connectivity index (χ0) is 20.4. The average Bonchev–Trinajstić information content (AvgIpc) is 3.30. The van der Waals surface area contributed by atoms with Crippen molar-refractivity contribution in [3.8, 4) is 0 Å². The van der Waals surface area contributed by atoms with E-state index in [0.717, 1.165) is 19.5 Å². The highest BCUT2D eigenvalue weighted by Gasteiger charge is 2.33. The molecule has 2 saturated heterocycles. The molecule has 0 spiro atoms. The molecule has 1 aromatic heterocycles. The molecule has 0 unspecified atom stereocenters. The number of para-hydroxylation sites is 1. The molecule has 0 aliphatic carbocycles. The van der Waals surface area contributed by atoms with E-state index < -0.39 is 0 Å². The van der Waals surface area contributed by atoms with Gasteiger partial charge in [-0.2, -0.15) is 0 Å². The molecule has 2 fully saturated rings. The van der Waals surface area contributed by atoms with Crippen molar-refractivity contribution in [1.29, 1.82) is 0 Å². The average molecular weight is 433 g/mol. The quantitative estimate of drug-likeness (QED) is 0.521. The number of likely N-dealkylation sites (tertiary alicyclic amines) is 1. The van der Waals surface area contributed by atoms with Gasteiger partial charge in [-0.15, -0.1) is 11.3 Å². The summed E-state index contributed by atoms with van der Waals surface area (Å²) in [7, 11) is 0. The number of carbonyl (C=O) groups is 4. The lowest BCUT2D eigenvalue weighted by atomic mass is 10.3. The smallest absolute Gasteiger partial charge is 0.242 e. The first kappa shape index (κ1) is 19.8. The number of amides is 4. The number of hydrogen-bond donors (Lipinski definition) is 0. The largest absolute Gasteiger partial charge is 0.338 e. The summed E-state index contributed by atoms with van der Waals surface area (Å²) in [6, 6.07) is 7.88. The van der Waals surface area contributed by atoms with Gasteiger partial charge >= 0.3 is 0 Å². The number of aromatic nitrogens is 1. The van der Waals surface area contributed by atoms with Gasteiger partial charge < -0.3 is 9.80 Å². The Kier molecular flexibility index (Phi) is 5.81. The number of rotatable bonds is 5. The molecule has 0 saturated carbocycles. The minimum Gasteiger partial charge on any atom is -0.338 e. The van der Waals surface area contributed by atoms with Gasteiger partial charge in [0.2, 0.25) is 23.6 Å². The minimum atomic E-state index is -0.288. The van der Waals surface area contributed by atoms with Crippen molar-refractivity contribution < 1.29 is 19.2 Å². The monoisotopic (exact) mass is 432 g/mol. The van der Waals surface area contributed by atoms with Gasteiger partial charge in [-0.1, -0.05) is 23.9 Å². The Morgan fingerprint density at radius 3 is 2.24 bits per heavy atom. The van der Waals surface area contributed by atoms with Gasteiger partial charge in [-0.05, 0) is 12.1 Å². The predicted molar refractivity (Wildman–Crippen MR) is 109 cm³/mol. The van der Waals surface area contributed by atoms with Crippen LogP contribution in [0.5, 0.6) is 0 Å². The number of piperazine rings is 1. The zero-order valence-corrected chi connectivity index (χ0v) is 17.3. The molecule has 2 aliphatic heterocycles. The fourth-order valence-corrected chi connectivity index (χ4v) is 5.34. The first-order valence-electron chi connectivity index (χ1n) is 9.38. The molecule has 4 rings (SSSR count). The molecular weight excluding hydrogens is 412 g/mol. The summed E-state index contributed by atoms with van der Waals surface area (Å²) in [6.07, 6.45) is 0.363. The van der Waals surface area contributed by atoms with Crippen LogP contribution in [-0.4, -0.2) is 81.8 Å². The van der Waals surface area contributed by atoms with Crippen molar-refractivity contribution in [3.63, 3.8) is 0 Å². The SMILES string of the molecule is O=C(CSc1nc2ccccc2s1)N1CCN(C(=O)CN2C(=O)CCC2=O)CC1. The molecule has 1 aromatic carbocycles. The van der Waals surface area contributed by atoms with Crippen LogP contribution in [0.3, 0.4) is 0 Å². The Morgan fingerprint density at radius 2 is 1.59 bits per heavy atom. The normalized spacial score (nSPS) is 17.4. The summed E-state index contributed by atoms with van der Waals surface area (Å²) < 4.78 is 1.97. The lowest BCUT2D eigenvalue weighted by Crippen LogP contribution is -2.53. The number of carbonyl (C=O) groups excluding carboxylic acids is 4. The molecule has 0 bridgehead atoms. The Balaban J connectivity index is 1.24. The number of thioether (sulfide) groups is 1. The molecule has 29 heavy (non-hydrogen) atoms. The van der Waals surface area contributed by atoms with Gasteiger partial charge in [0.05, 0.1) is 16.0 Å². The van der Waals surface area contributed by atoms with Gasteiger partial charge in [0.1, 0.15) is 6.54 Å². The molecule has 0 radical (unpaired) electrons.